The van der Waals surface area contributed by atoms with Crippen molar-refractivity contribution in [2.75, 3.05) is 6.54 Å². The highest BCUT2D eigenvalue weighted by Crippen LogP contribution is 2.09. The predicted octanol–water partition coefficient (Wildman–Crippen LogP) is 3.07. The maximum Gasteiger partial charge on any atom is 0.307 e. The van der Waals surface area contributed by atoms with Crippen molar-refractivity contribution < 1.29 is 14.3 Å². The lowest BCUT2D eigenvalue weighted by atomic mass is 10.2. The predicted molar refractivity (Wildman–Crippen MR) is 89.4 cm³/mol. The molecule has 2 aromatic carbocycles. The summed E-state index contributed by atoms with van der Waals surface area (Å²) in [6.07, 6.45) is 0.0790. The van der Waals surface area contributed by atoms with E-state index in [9.17, 15) is 9.59 Å². The quantitative estimate of drug-likeness (QED) is 0.818. The summed E-state index contributed by atoms with van der Waals surface area (Å²) in [5.74, 6) is -0.678. The van der Waals surface area contributed by atoms with Gasteiger partial charge in [0.2, 0.25) is 0 Å². The van der Waals surface area contributed by atoms with Gasteiger partial charge in [-0.3, -0.25) is 9.59 Å². The Kier molecular flexibility index (Phi) is 6.35. The van der Waals surface area contributed by atoms with E-state index >= 15 is 0 Å². The van der Waals surface area contributed by atoms with Gasteiger partial charge >= 0.3 is 5.97 Å². The summed E-state index contributed by atoms with van der Waals surface area (Å²) in [5, 5.41) is 11.9. The van der Waals surface area contributed by atoms with Gasteiger partial charge < -0.3 is 10.1 Å². The van der Waals surface area contributed by atoms with E-state index in [2.05, 4.69) is 5.32 Å². The Bertz CT molecular complexity index is 749. The lowest BCUT2D eigenvalue weighted by Gasteiger charge is -2.07. The van der Waals surface area contributed by atoms with Crippen molar-refractivity contribution >= 4 is 23.5 Å². The van der Waals surface area contributed by atoms with Gasteiger partial charge in [0.05, 0.1) is 18.1 Å². The molecule has 5 nitrogen and oxygen atoms in total. The largest absolute Gasteiger partial charge is 0.461 e. The molecule has 1 amide bonds. The van der Waals surface area contributed by atoms with Gasteiger partial charge in [0.1, 0.15) is 6.61 Å². The minimum atomic E-state index is -0.407. The molecule has 0 spiro atoms. The molecule has 0 unspecified atom stereocenters. The van der Waals surface area contributed by atoms with Crippen LogP contribution < -0.4 is 5.32 Å². The van der Waals surface area contributed by atoms with Gasteiger partial charge in [-0.05, 0) is 42.0 Å². The Morgan fingerprint density at radius 1 is 1.08 bits per heavy atom. The fourth-order valence-electron chi connectivity index (χ4n) is 1.89. The van der Waals surface area contributed by atoms with Crippen molar-refractivity contribution in [2.45, 2.75) is 13.0 Å². The molecule has 0 radical (unpaired) electrons. The standard InChI is InChI=1S/C18H15ClN2O3/c19-16-7-5-15(6-8-16)18(23)21-10-9-17(22)24-12-14-3-1-13(11-20)2-4-14/h1-8H,9-10,12H2,(H,21,23). The van der Waals surface area contributed by atoms with Gasteiger partial charge in [-0.25, -0.2) is 0 Å². The van der Waals surface area contributed by atoms with E-state index in [1.807, 2.05) is 6.07 Å². The molecule has 0 aromatic heterocycles. The second kappa shape index (κ2) is 8.70. The Hall–Kier alpha value is -2.84. The number of rotatable bonds is 6. The van der Waals surface area contributed by atoms with Crippen LogP contribution in [0.25, 0.3) is 0 Å². The van der Waals surface area contributed by atoms with Crippen LogP contribution in [0.15, 0.2) is 48.5 Å². The summed E-state index contributed by atoms with van der Waals surface area (Å²) in [6.45, 7) is 0.323. The number of nitrogens with zero attached hydrogens (tertiary/aromatic N) is 1. The molecule has 0 aliphatic heterocycles. The van der Waals surface area contributed by atoms with Crippen molar-refractivity contribution in [1.29, 1.82) is 5.26 Å². The second-order valence-corrected chi connectivity index (χ2v) is 5.42. The molecule has 0 atom stereocenters. The summed E-state index contributed by atoms with van der Waals surface area (Å²) in [4.78, 5) is 23.5. The van der Waals surface area contributed by atoms with E-state index in [0.717, 1.165) is 5.56 Å². The molecular weight excluding hydrogens is 328 g/mol. The molecule has 0 saturated carbocycles. The molecule has 0 fully saturated rings. The molecule has 0 saturated heterocycles. The lowest BCUT2D eigenvalue weighted by Crippen LogP contribution is -2.26. The molecule has 0 heterocycles. The number of amides is 1. The van der Waals surface area contributed by atoms with Crippen LogP contribution in [0.5, 0.6) is 0 Å². The van der Waals surface area contributed by atoms with Crippen LogP contribution in [-0.4, -0.2) is 18.4 Å². The van der Waals surface area contributed by atoms with Crippen LogP contribution in [0.4, 0.5) is 0 Å². The number of carbonyl (C=O) groups excluding carboxylic acids is 2. The number of esters is 1. The van der Waals surface area contributed by atoms with E-state index in [0.29, 0.717) is 16.1 Å². The van der Waals surface area contributed by atoms with Crippen molar-refractivity contribution in [2.24, 2.45) is 0 Å². The summed E-state index contributed by atoms with van der Waals surface area (Å²) < 4.78 is 5.11. The van der Waals surface area contributed by atoms with Gasteiger partial charge in [0.15, 0.2) is 0 Å². The number of benzene rings is 2. The third-order valence-corrected chi connectivity index (χ3v) is 3.46. The number of carbonyl (C=O) groups is 2. The molecule has 24 heavy (non-hydrogen) atoms. The van der Waals surface area contributed by atoms with Crippen LogP contribution in [0, 0.1) is 11.3 Å². The SMILES string of the molecule is N#Cc1ccc(COC(=O)CCNC(=O)c2ccc(Cl)cc2)cc1. The average molecular weight is 343 g/mol. The van der Waals surface area contributed by atoms with Gasteiger partial charge in [0, 0.05) is 17.1 Å². The Morgan fingerprint density at radius 2 is 1.75 bits per heavy atom. The lowest BCUT2D eigenvalue weighted by molar-refractivity contribution is -0.144. The van der Waals surface area contributed by atoms with E-state index < -0.39 is 5.97 Å². The molecule has 0 bridgehead atoms. The maximum absolute atomic E-state index is 11.8. The van der Waals surface area contributed by atoms with E-state index in [1.165, 1.54) is 0 Å². The number of nitriles is 1. The number of hydrogen-bond acceptors (Lipinski definition) is 4. The molecule has 1 N–H and O–H groups in total. The van der Waals surface area contributed by atoms with E-state index in [4.69, 9.17) is 21.6 Å². The smallest absolute Gasteiger partial charge is 0.307 e. The number of ether oxygens (including phenoxy) is 1. The zero-order valence-electron chi connectivity index (χ0n) is 12.8. The first-order valence-electron chi connectivity index (χ1n) is 7.27. The highest BCUT2D eigenvalue weighted by molar-refractivity contribution is 6.30. The normalized spacial score (nSPS) is 9.83. The maximum atomic E-state index is 11.8. The molecule has 2 rings (SSSR count). The van der Waals surface area contributed by atoms with Crippen molar-refractivity contribution in [3.8, 4) is 6.07 Å². The molecule has 6 heteroatoms. The first-order valence-corrected chi connectivity index (χ1v) is 7.64. The second-order valence-electron chi connectivity index (χ2n) is 4.98. The Balaban J connectivity index is 1.70. The van der Waals surface area contributed by atoms with E-state index in [1.54, 1.807) is 48.5 Å². The number of halogens is 1. The van der Waals surface area contributed by atoms with Crippen LogP contribution >= 0.6 is 11.6 Å². The summed E-state index contributed by atoms with van der Waals surface area (Å²) in [6, 6.07) is 15.3. The Labute approximate surface area is 144 Å². The molecule has 122 valence electrons. The van der Waals surface area contributed by atoms with Crippen LogP contribution in [0.3, 0.4) is 0 Å². The van der Waals surface area contributed by atoms with Gasteiger partial charge in [0.25, 0.3) is 5.91 Å². The van der Waals surface area contributed by atoms with Crippen LogP contribution in [0.2, 0.25) is 5.02 Å². The van der Waals surface area contributed by atoms with Crippen LogP contribution in [0.1, 0.15) is 27.9 Å². The minimum Gasteiger partial charge on any atom is -0.461 e. The third kappa shape index (κ3) is 5.41. The number of hydrogen-bond donors (Lipinski definition) is 1. The summed E-state index contributed by atoms with van der Waals surface area (Å²) in [7, 11) is 0. The number of nitrogens with one attached hydrogen (secondary N) is 1. The van der Waals surface area contributed by atoms with E-state index in [-0.39, 0.29) is 25.5 Å². The first kappa shape index (κ1) is 17.5. The summed E-state index contributed by atoms with van der Waals surface area (Å²) in [5.41, 5.74) is 1.83. The molecule has 2 aromatic rings. The Morgan fingerprint density at radius 3 is 2.38 bits per heavy atom. The molecular formula is C18H15ClN2O3. The van der Waals surface area contributed by atoms with Gasteiger partial charge in [-0.1, -0.05) is 23.7 Å². The minimum absolute atomic E-state index is 0.0790. The topological polar surface area (TPSA) is 79.2 Å². The summed E-state index contributed by atoms with van der Waals surface area (Å²) >= 11 is 5.76. The third-order valence-electron chi connectivity index (χ3n) is 3.20. The monoisotopic (exact) mass is 342 g/mol. The zero-order valence-corrected chi connectivity index (χ0v) is 13.5. The average Bonchev–Trinajstić information content (AvgIpc) is 2.61. The van der Waals surface area contributed by atoms with Crippen molar-refractivity contribution in [1.82, 2.24) is 5.32 Å². The zero-order chi connectivity index (χ0) is 17.4. The van der Waals surface area contributed by atoms with Crippen LogP contribution in [-0.2, 0) is 16.1 Å². The van der Waals surface area contributed by atoms with Gasteiger partial charge in [-0.15, -0.1) is 0 Å². The molecule has 0 aliphatic carbocycles. The molecule has 0 aliphatic rings. The highest BCUT2D eigenvalue weighted by atomic mass is 35.5. The fraction of sp³-hybridized carbons (Fsp3) is 0.167. The highest BCUT2D eigenvalue weighted by Gasteiger charge is 2.07. The van der Waals surface area contributed by atoms with Crippen molar-refractivity contribution in [3.05, 3.63) is 70.2 Å². The fourth-order valence-corrected chi connectivity index (χ4v) is 2.02. The first-order chi connectivity index (χ1) is 11.6. The van der Waals surface area contributed by atoms with Crippen molar-refractivity contribution in [3.63, 3.8) is 0 Å². The van der Waals surface area contributed by atoms with Gasteiger partial charge in [-0.2, -0.15) is 5.26 Å².